The summed E-state index contributed by atoms with van der Waals surface area (Å²) in [5.74, 6) is -1.06. The zero-order valence-electron chi connectivity index (χ0n) is 12.1. The number of halogens is 1. The average Bonchev–Trinajstić information content (AvgIpc) is 2.30. The fraction of sp³-hybridized carbons (Fsp3) is 0.400. The van der Waals surface area contributed by atoms with E-state index >= 15 is 0 Å². The molecule has 110 valence electrons. The molecule has 0 amide bonds. The minimum Gasteiger partial charge on any atom is -0.463 e. The van der Waals surface area contributed by atoms with Gasteiger partial charge in [-0.2, -0.15) is 0 Å². The van der Waals surface area contributed by atoms with Gasteiger partial charge in [0, 0.05) is 5.56 Å². The summed E-state index contributed by atoms with van der Waals surface area (Å²) in [5.41, 5.74) is -1.19. The molecule has 0 bridgehead atoms. The summed E-state index contributed by atoms with van der Waals surface area (Å²) < 4.78 is 24.2. The molecule has 20 heavy (non-hydrogen) atoms. The van der Waals surface area contributed by atoms with Gasteiger partial charge in [0.15, 0.2) is 11.6 Å². The Morgan fingerprint density at radius 1 is 1.45 bits per heavy atom. The van der Waals surface area contributed by atoms with Gasteiger partial charge in [0.1, 0.15) is 5.76 Å². The summed E-state index contributed by atoms with van der Waals surface area (Å²) in [5, 5.41) is 9.86. The van der Waals surface area contributed by atoms with Crippen LogP contribution in [0.4, 0.5) is 4.39 Å². The van der Waals surface area contributed by atoms with Crippen molar-refractivity contribution in [1.82, 2.24) is 0 Å². The topological polar surface area (TPSA) is 55.8 Å². The molecule has 1 aromatic rings. The summed E-state index contributed by atoms with van der Waals surface area (Å²) in [4.78, 5) is 11.2. The molecule has 4 nitrogen and oxygen atoms in total. The highest BCUT2D eigenvalue weighted by atomic mass is 19.1. The molecule has 0 fully saturated rings. The highest BCUT2D eigenvalue weighted by Crippen LogP contribution is 2.29. The van der Waals surface area contributed by atoms with Crippen LogP contribution >= 0.6 is 0 Å². The van der Waals surface area contributed by atoms with Gasteiger partial charge in [0.25, 0.3) is 0 Å². The number of hydrogen-bond donors (Lipinski definition) is 1. The zero-order chi connectivity index (χ0) is 15.3. The number of carbonyl (C=O) groups is 1. The molecule has 0 radical (unpaired) electrons. The van der Waals surface area contributed by atoms with E-state index < -0.39 is 17.4 Å². The first kappa shape index (κ1) is 16.2. The first-order chi connectivity index (χ1) is 9.25. The largest absolute Gasteiger partial charge is 0.463 e. The van der Waals surface area contributed by atoms with Crippen molar-refractivity contribution in [2.75, 3.05) is 6.61 Å². The summed E-state index contributed by atoms with van der Waals surface area (Å²) in [6.45, 7) is 6.43. The Hall–Kier alpha value is -1.88. The van der Waals surface area contributed by atoms with E-state index in [2.05, 4.69) is 0 Å². The van der Waals surface area contributed by atoms with Crippen molar-refractivity contribution in [2.24, 2.45) is 0 Å². The molecule has 0 unspecified atom stereocenters. The van der Waals surface area contributed by atoms with E-state index in [0.717, 1.165) is 6.08 Å². The Labute approximate surface area is 117 Å². The van der Waals surface area contributed by atoms with Gasteiger partial charge in [-0.3, -0.25) is 0 Å². The van der Waals surface area contributed by atoms with E-state index in [-0.39, 0.29) is 23.7 Å². The van der Waals surface area contributed by atoms with E-state index in [1.807, 2.05) is 0 Å². The maximum atomic E-state index is 14.2. The maximum absolute atomic E-state index is 14.2. The average molecular weight is 282 g/mol. The Kier molecular flexibility index (Phi) is 5.27. The Morgan fingerprint density at radius 3 is 2.65 bits per heavy atom. The molecule has 0 saturated heterocycles. The number of allylic oxidation sites excluding steroid dienone is 1. The molecule has 0 spiro atoms. The predicted octanol–water partition coefficient (Wildman–Crippen LogP) is 2.90. The molecule has 0 heterocycles. The second kappa shape index (κ2) is 6.52. The van der Waals surface area contributed by atoms with Crippen LogP contribution in [-0.4, -0.2) is 17.7 Å². The smallest absolute Gasteiger partial charge is 0.334 e. The minimum absolute atomic E-state index is 0.0531. The monoisotopic (exact) mass is 282 g/mol. The first-order valence-electron chi connectivity index (χ1n) is 6.30. The number of carbonyl (C=O) groups excluding carboxylic acids is 1. The van der Waals surface area contributed by atoms with Gasteiger partial charge < -0.3 is 14.6 Å². The van der Waals surface area contributed by atoms with Crippen LogP contribution in [-0.2, 0) is 15.1 Å². The molecule has 1 aromatic carbocycles. The number of ether oxygens (including phenoxy) is 2. The summed E-state index contributed by atoms with van der Waals surface area (Å²) in [6, 6.07) is 4.48. The van der Waals surface area contributed by atoms with Crippen LogP contribution < -0.4 is 4.74 Å². The zero-order valence-corrected chi connectivity index (χ0v) is 12.1. The van der Waals surface area contributed by atoms with Gasteiger partial charge >= 0.3 is 5.97 Å². The van der Waals surface area contributed by atoms with Crippen molar-refractivity contribution >= 4 is 5.97 Å². The number of hydrogen-bond acceptors (Lipinski definition) is 4. The molecule has 0 aliphatic rings. The van der Waals surface area contributed by atoms with Crippen LogP contribution in [0.2, 0.25) is 0 Å². The fourth-order valence-corrected chi connectivity index (χ4v) is 1.61. The third-order valence-electron chi connectivity index (χ3n) is 2.50. The second-order valence-electron chi connectivity index (χ2n) is 4.79. The van der Waals surface area contributed by atoms with Crippen LogP contribution in [0.15, 0.2) is 30.0 Å². The van der Waals surface area contributed by atoms with Crippen molar-refractivity contribution in [1.29, 1.82) is 0 Å². The standard InChI is InChI=1S/C15H19FO4/c1-5-19-13(17)9-10(2)20-12-8-6-7-11(14(12)16)15(3,4)18/h6-9,18H,5H2,1-4H3/b10-9+. The highest BCUT2D eigenvalue weighted by Gasteiger charge is 2.23. The lowest BCUT2D eigenvalue weighted by molar-refractivity contribution is -0.137. The molecule has 0 aliphatic heterocycles. The van der Waals surface area contributed by atoms with Gasteiger partial charge in [-0.1, -0.05) is 12.1 Å². The normalized spacial score (nSPS) is 12.2. The quantitative estimate of drug-likeness (QED) is 0.512. The van der Waals surface area contributed by atoms with Gasteiger partial charge in [0.05, 0.1) is 18.3 Å². The summed E-state index contributed by atoms with van der Waals surface area (Å²) >= 11 is 0. The van der Waals surface area contributed by atoms with E-state index in [9.17, 15) is 14.3 Å². The van der Waals surface area contributed by atoms with Gasteiger partial charge in [-0.25, -0.2) is 9.18 Å². The lowest BCUT2D eigenvalue weighted by Gasteiger charge is -2.19. The Balaban J connectivity index is 2.97. The number of aliphatic hydroxyl groups is 1. The van der Waals surface area contributed by atoms with Crippen molar-refractivity contribution in [3.05, 3.63) is 41.4 Å². The SMILES string of the molecule is CCOC(=O)/C=C(\C)Oc1cccc(C(C)(C)O)c1F. The fourth-order valence-electron chi connectivity index (χ4n) is 1.61. The Morgan fingerprint density at radius 2 is 2.10 bits per heavy atom. The second-order valence-corrected chi connectivity index (χ2v) is 4.79. The first-order valence-corrected chi connectivity index (χ1v) is 6.30. The minimum atomic E-state index is -1.32. The van der Waals surface area contributed by atoms with Gasteiger partial charge in [0.2, 0.25) is 0 Å². The molecule has 0 saturated carbocycles. The van der Waals surface area contributed by atoms with Crippen molar-refractivity contribution < 1.29 is 23.8 Å². The molecule has 0 atom stereocenters. The molecule has 5 heteroatoms. The third-order valence-corrected chi connectivity index (χ3v) is 2.50. The molecule has 0 aliphatic carbocycles. The van der Waals surface area contributed by atoms with E-state index in [1.165, 1.54) is 32.9 Å². The summed E-state index contributed by atoms with van der Waals surface area (Å²) in [6.07, 6.45) is 1.14. The number of rotatable bonds is 5. The van der Waals surface area contributed by atoms with E-state index in [0.29, 0.717) is 0 Å². The predicted molar refractivity (Wildman–Crippen MR) is 72.7 cm³/mol. The van der Waals surface area contributed by atoms with E-state index in [1.54, 1.807) is 13.0 Å². The molecular weight excluding hydrogens is 263 g/mol. The van der Waals surface area contributed by atoms with Crippen molar-refractivity contribution in [3.63, 3.8) is 0 Å². The molecule has 1 rings (SSSR count). The van der Waals surface area contributed by atoms with E-state index in [4.69, 9.17) is 9.47 Å². The number of esters is 1. The third kappa shape index (κ3) is 4.35. The van der Waals surface area contributed by atoms with Crippen molar-refractivity contribution in [2.45, 2.75) is 33.3 Å². The van der Waals surface area contributed by atoms with Gasteiger partial charge in [-0.05, 0) is 33.8 Å². The van der Waals surface area contributed by atoms with Crippen molar-refractivity contribution in [3.8, 4) is 5.75 Å². The van der Waals surface area contributed by atoms with Crippen LogP contribution in [0, 0.1) is 5.82 Å². The van der Waals surface area contributed by atoms with Crippen LogP contribution in [0.25, 0.3) is 0 Å². The van der Waals surface area contributed by atoms with Crippen LogP contribution in [0.5, 0.6) is 5.75 Å². The molecule has 0 aromatic heterocycles. The van der Waals surface area contributed by atoms with Crippen LogP contribution in [0.3, 0.4) is 0 Å². The lowest BCUT2D eigenvalue weighted by Crippen LogP contribution is -2.18. The molecular formula is C15H19FO4. The van der Waals surface area contributed by atoms with Gasteiger partial charge in [-0.15, -0.1) is 0 Å². The lowest BCUT2D eigenvalue weighted by atomic mass is 9.97. The molecule has 1 N–H and O–H groups in total. The Bertz CT molecular complexity index is 515. The van der Waals surface area contributed by atoms with Crippen LogP contribution in [0.1, 0.15) is 33.3 Å². The summed E-state index contributed by atoms with van der Waals surface area (Å²) in [7, 11) is 0. The number of benzene rings is 1. The maximum Gasteiger partial charge on any atom is 0.334 e. The highest BCUT2D eigenvalue weighted by molar-refractivity contribution is 5.82.